The highest BCUT2D eigenvalue weighted by Crippen LogP contribution is 2.24. The smallest absolute Gasteiger partial charge is 0.257 e. The lowest BCUT2D eigenvalue weighted by molar-refractivity contribution is -0.115. The van der Waals surface area contributed by atoms with Crippen LogP contribution in [-0.2, 0) is 4.79 Å². The van der Waals surface area contributed by atoms with Crippen LogP contribution in [0.15, 0.2) is 17.1 Å². The van der Waals surface area contributed by atoms with Gasteiger partial charge in [0.25, 0.3) is 5.91 Å². The molecule has 1 aliphatic heterocycles. The van der Waals surface area contributed by atoms with Gasteiger partial charge in [0.05, 0.1) is 5.75 Å². The molecule has 0 saturated heterocycles. The van der Waals surface area contributed by atoms with Crippen molar-refractivity contribution in [3.8, 4) is 0 Å². The highest BCUT2D eigenvalue weighted by molar-refractivity contribution is 8.15. The Hall–Kier alpha value is -1.30. The van der Waals surface area contributed by atoms with E-state index < -0.39 is 23.4 Å². The van der Waals surface area contributed by atoms with Crippen molar-refractivity contribution >= 4 is 22.7 Å². The fourth-order valence-corrected chi connectivity index (χ4v) is 1.94. The van der Waals surface area contributed by atoms with E-state index >= 15 is 0 Å². The Morgan fingerprint density at radius 3 is 2.53 bits per heavy atom. The van der Waals surface area contributed by atoms with Gasteiger partial charge in [-0.3, -0.25) is 4.79 Å². The van der Waals surface area contributed by atoms with Gasteiger partial charge in [-0.25, -0.2) is 18.2 Å². The summed E-state index contributed by atoms with van der Waals surface area (Å²) in [7, 11) is 0. The number of benzene rings is 1. The van der Waals surface area contributed by atoms with Gasteiger partial charge < -0.3 is 0 Å². The maximum atomic E-state index is 13.2. The van der Waals surface area contributed by atoms with Crippen LogP contribution < -0.4 is 0 Å². The number of hydrogen-bond acceptors (Lipinski definition) is 2. The first kappa shape index (κ1) is 10.2. The van der Waals surface area contributed by atoms with E-state index in [1.54, 1.807) is 0 Å². The van der Waals surface area contributed by atoms with Gasteiger partial charge in [0.1, 0.15) is 5.04 Å². The summed E-state index contributed by atoms with van der Waals surface area (Å²) < 4.78 is 38.7. The zero-order chi connectivity index (χ0) is 11.0. The number of aliphatic imine (C=N–C) groups is 1. The van der Waals surface area contributed by atoms with Crippen LogP contribution in [0, 0.1) is 17.5 Å². The van der Waals surface area contributed by atoms with Gasteiger partial charge in [-0.15, -0.1) is 0 Å². The molecule has 1 aliphatic rings. The van der Waals surface area contributed by atoms with Crippen molar-refractivity contribution in [1.82, 2.24) is 0 Å². The van der Waals surface area contributed by atoms with E-state index in [1.165, 1.54) is 0 Å². The Morgan fingerprint density at radius 1 is 1.20 bits per heavy atom. The Bertz CT molecular complexity index is 473. The molecule has 6 heteroatoms. The minimum Gasteiger partial charge on any atom is -0.272 e. The fraction of sp³-hybridized carbons (Fsp3) is 0.111. The van der Waals surface area contributed by atoms with E-state index in [1.807, 2.05) is 0 Å². The van der Waals surface area contributed by atoms with Crippen molar-refractivity contribution in [3.63, 3.8) is 0 Å². The molecule has 0 atom stereocenters. The number of nitrogens with zero attached hydrogens (tertiary/aromatic N) is 1. The lowest BCUT2D eigenvalue weighted by atomic mass is 10.2. The zero-order valence-electron chi connectivity index (χ0n) is 7.26. The summed E-state index contributed by atoms with van der Waals surface area (Å²) in [4.78, 5) is 14.3. The number of thioether (sulfide) groups is 1. The van der Waals surface area contributed by atoms with Gasteiger partial charge >= 0.3 is 0 Å². The number of carbonyl (C=O) groups excluding carboxylic acids is 1. The molecule has 78 valence electrons. The number of hydrogen-bond donors (Lipinski definition) is 0. The molecule has 15 heavy (non-hydrogen) atoms. The first-order valence-corrected chi connectivity index (χ1v) is 4.96. The molecule has 0 spiro atoms. The van der Waals surface area contributed by atoms with E-state index in [0.717, 1.165) is 23.9 Å². The van der Waals surface area contributed by atoms with Gasteiger partial charge in [0.15, 0.2) is 17.5 Å². The SMILES string of the molecule is O=C1CSC(c2ccc(F)c(F)c2F)=N1. The number of amides is 1. The molecule has 0 aliphatic carbocycles. The average Bonchev–Trinajstić information content (AvgIpc) is 2.61. The quantitative estimate of drug-likeness (QED) is 0.693. The minimum atomic E-state index is -1.55. The van der Waals surface area contributed by atoms with Gasteiger partial charge in [0, 0.05) is 5.56 Å². The van der Waals surface area contributed by atoms with Gasteiger partial charge in [-0.2, -0.15) is 0 Å². The Labute approximate surface area is 87.2 Å². The summed E-state index contributed by atoms with van der Waals surface area (Å²) in [5, 5.41) is 0.0939. The first-order chi connectivity index (χ1) is 7.09. The van der Waals surface area contributed by atoms with Crippen LogP contribution in [0.5, 0.6) is 0 Å². The third kappa shape index (κ3) is 1.77. The summed E-state index contributed by atoms with van der Waals surface area (Å²) >= 11 is 1.00. The normalized spacial score (nSPS) is 15.7. The van der Waals surface area contributed by atoms with Crippen LogP contribution in [0.4, 0.5) is 13.2 Å². The van der Waals surface area contributed by atoms with Crippen molar-refractivity contribution < 1.29 is 18.0 Å². The summed E-state index contributed by atoms with van der Waals surface area (Å²) in [6.07, 6.45) is 0. The molecule has 1 amide bonds. The maximum absolute atomic E-state index is 13.2. The second kappa shape index (κ2) is 3.69. The highest BCUT2D eigenvalue weighted by Gasteiger charge is 2.22. The minimum absolute atomic E-state index is 0.0939. The molecule has 0 fully saturated rings. The van der Waals surface area contributed by atoms with Crippen molar-refractivity contribution in [2.24, 2.45) is 4.99 Å². The average molecular weight is 231 g/mol. The van der Waals surface area contributed by atoms with Gasteiger partial charge in [0.2, 0.25) is 0 Å². The van der Waals surface area contributed by atoms with E-state index in [9.17, 15) is 18.0 Å². The van der Waals surface area contributed by atoms with Crippen LogP contribution in [0.25, 0.3) is 0 Å². The second-order valence-electron chi connectivity index (χ2n) is 2.82. The largest absolute Gasteiger partial charge is 0.272 e. The second-order valence-corrected chi connectivity index (χ2v) is 3.79. The predicted molar refractivity (Wildman–Crippen MR) is 50.3 cm³/mol. The van der Waals surface area contributed by atoms with E-state index in [2.05, 4.69) is 4.99 Å². The molecule has 0 N–H and O–H groups in total. The van der Waals surface area contributed by atoms with E-state index in [-0.39, 0.29) is 16.4 Å². The van der Waals surface area contributed by atoms with Crippen molar-refractivity contribution in [2.75, 3.05) is 5.75 Å². The Morgan fingerprint density at radius 2 is 1.93 bits per heavy atom. The molecule has 0 unspecified atom stereocenters. The third-order valence-corrected chi connectivity index (χ3v) is 2.80. The Kier molecular flexibility index (Phi) is 2.52. The molecule has 0 aromatic heterocycles. The zero-order valence-corrected chi connectivity index (χ0v) is 8.08. The van der Waals surface area contributed by atoms with Gasteiger partial charge in [-0.05, 0) is 12.1 Å². The third-order valence-electron chi connectivity index (χ3n) is 1.82. The topological polar surface area (TPSA) is 29.4 Å². The first-order valence-electron chi connectivity index (χ1n) is 3.98. The molecule has 1 aromatic carbocycles. The van der Waals surface area contributed by atoms with Crippen molar-refractivity contribution in [3.05, 3.63) is 35.1 Å². The molecule has 0 saturated carbocycles. The summed E-state index contributed by atoms with van der Waals surface area (Å²) in [5.41, 5.74) is -0.176. The van der Waals surface area contributed by atoms with Crippen LogP contribution in [0.1, 0.15) is 5.56 Å². The molecule has 0 bridgehead atoms. The standard InChI is InChI=1S/C9H4F3NOS/c10-5-2-1-4(7(11)8(5)12)9-13-6(14)3-15-9/h1-2H,3H2. The molecular formula is C9H4F3NOS. The lowest BCUT2D eigenvalue weighted by Gasteiger charge is -2.02. The number of carbonyl (C=O) groups is 1. The maximum Gasteiger partial charge on any atom is 0.257 e. The van der Waals surface area contributed by atoms with Crippen molar-refractivity contribution in [2.45, 2.75) is 0 Å². The monoisotopic (exact) mass is 231 g/mol. The summed E-state index contributed by atoms with van der Waals surface area (Å²) in [6, 6.07) is 1.87. The van der Waals surface area contributed by atoms with Crippen LogP contribution in [-0.4, -0.2) is 16.7 Å². The summed E-state index contributed by atoms with van der Waals surface area (Å²) in [5.74, 6) is -4.41. The van der Waals surface area contributed by atoms with Gasteiger partial charge in [-0.1, -0.05) is 11.8 Å². The number of rotatable bonds is 1. The number of halogens is 3. The molecular weight excluding hydrogens is 227 g/mol. The molecule has 1 aromatic rings. The van der Waals surface area contributed by atoms with Crippen LogP contribution in [0.3, 0.4) is 0 Å². The molecule has 0 radical (unpaired) electrons. The summed E-state index contributed by atoms with van der Waals surface area (Å²) in [6.45, 7) is 0. The van der Waals surface area contributed by atoms with Crippen molar-refractivity contribution in [1.29, 1.82) is 0 Å². The highest BCUT2D eigenvalue weighted by atomic mass is 32.2. The van der Waals surface area contributed by atoms with E-state index in [0.29, 0.717) is 0 Å². The molecule has 2 rings (SSSR count). The fourth-order valence-electron chi connectivity index (χ4n) is 1.14. The van der Waals surface area contributed by atoms with E-state index in [4.69, 9.17) is 0 Å². The Balaban J connectivity index is 2.50. The lowest BCUT2D eigenvalue weighted by Crippen LogP contribution is -2.01. The van der Waals surface area contributed by atoms with Crippen LogP contribution in [0.2, 0.25) is 0 Å². The molecule has 2 nitrogen and oxygen atoms in total. The van der Waals surface area contributed by atoms with Crippen LogP contribution >= 0.6 is 11.8 Å². The molecule has 1 heterocycles. The predicted octanol–water partition coefficient (Wildman–Crippen LogP) is 2.12.